The van der Waals surface area contributed by atoms with Crippen LogP contribution in [0.2, 0.25) is 0 Å². The highest BCUT2D eigenvalue weighted by atomic mass is 15.2. The molecule has 0 saturated heterocycles. The van der Waals surface area contributed by atoms with Crippen LogP contribution in [0.1, 0.15) is 24.1 Å². The molecule has 0 fully saturated rings. The maximum absolute atomic E-state index is 3.37. The van der Waals surface area contributed by atoms with E-state index in [9.17, 15) is 0 Å². The summed E-state index contributed by atoms with van der Waals surface area (Å²) in [4.78, 5) is 2.40. The van der Waals surface area contributed by atoms with Gasteiger partial charge in [-0.1, -0.05) is 48.4 Å². The second-order valence-corrected chi connectivity index (χ2v) is 4.77. The lowest BCUT2D eigenvalue weighted by atomic mass is 9.92. The van der Waals surface area contributed by atoms with E-state index in [0.717, 1.165) is 13.0 Å². The Labute approximate surface area is 114 Å². The Morgan fingerprint density at radius 3 is 2.53 bits per heavy atom. The molecular formula is C18H17N. The largest absolute Gasteiger partial charge is 0.353 e. The molecule has 19 heavy (non-hydrogen) atoms. The zero-order valence-corrected chi connectivity index (χ0v) is 11.1. The molecule has 1 aliphatic rings. The van der Waals surface area contributed by atoms with Gasteiger partial charge in [0, 0.05) is 12.2 Å². The summed E-state index contributed by atoms with van der Waals surface area (Å²) in [5.74, 6) is 6.45. The van der Waals surface area contributed by atoms with E-state index >= 15 is 0 Å². The Balaban J connectivity index is 2.05. The molecule has 0 N–H and O–H groups in total. The second-order valence-electron chi connectivity index (χ2n) is 4.77. The summed E-state index contributed by atoms with van der Waals surface area (Å²) in [6.07, 6.45) is 1.09. The van der Waals surface area contributed by atoms with Crippen molar-refractivity contribution in [2.45, 2.75) is 19.4 Å². The van der Waals surface area contributed by atoms with Gasteiger partial charge >= 0.3 is 0 Å². The fraction of sp³-hybridized carbons (Fsp3) is 0.222. The molecule has 0 bridgehead atoms. The van der Waals surface area contributed by atoms with Crippen LogP contribution in [0, 0.1) is 11.8 Å². The van der Waals surface area contributed by atoms with Crippen LogP contribution in [0.3, 0.4) is 0 Å². The second kappa shape index (κ2) is 5.20. The molecule has 94 valence electrons. The van der Waals surface area contributed by atoms with Crippen LogP contribution in [0.4, 0.5) is 5.69 Å². The summed E-state index contributed by atoms with van der Waals surface area (Å²) < 4.78 is 0. The van der Waals surface area contributed by atoms with E-state index in [1.54, 1.807) is 0 Å². The van der Waals surface area contributed by atoms with Gasteiger partial charge in [0.05, 0.1) is 0 Å². The highest BCUT2D eigenvalue weighted by molar-refractivity contribution is 5.54. The molecule has 1 aliphatic heterocycles. The topological polar surface area (TPSA) is 3.24 Å². The van der Waals surface area contributed by atoms with Crippen LogP contribution in [0.5, 0.6) is 0 Å². The van der Waals surface area contributed by atoms with Gasteiger partial charge < -0.3 is 4.90 Å². The van der Waals surface area contributed by atoms with Crippen molar-refractivity contribution in [1.29, 1.82) is 0 Å². The highest BCUT2D eigenvalue weighted by Crippen LogP contribution is 2.33. The summed E-state index contributed by atoms with van der Waals surface area (Å²) in [6.45, 7) is 2.95. The monoisotopic (exact) mass is 247 g/mol. The number of rotatable bonds is 1. The predicted octanol–water partition coefficient (Wildman–Crippen LogP) is 3.81. The van der Waals surface area contributed by atoms with Crippen LogP contribution in [0.25, 0.3) is 0 Å². The lowest BCUT2D eigenvalue weighted by Gasteiger charge is -2.36. The third kappa shape index (κ3) is 2.22. The van der Waals surface area contributed by atoms with E-state index in [0.29, 0.717) is 0 Å². The Morgan fingerprint density at radius 1 is 1.00 bits per heavy atom. The van der Waals surface area contributed by atoms with Crippen LogP contribution < -0.4 is 4.90 Å². The van der Waals surface area contributed by atoms with E-state index in [4.69, 9.17) is 0 Å². The minimum absolute atomic E-state index is 0.178. The lowest BCUT2D eigenvalue weighted by molar-refractivity contribution is 0.682. The van der Waals surface area contributed by atoms with Gasteiger partial charge in [0.25, 0.3) is 0 Å². The summed E-state index contributed by atoms with van der Waals surface area (Å²) in [5.41, 5.74) is 4.04. The van der Waals surface area contributed by atoms with E-state index in [-0.39, 0.29) is 6.04 Å². The van der Waals surface area contributed by atoms with Crippen LogP contribution in [-0.4, -0.2) is 6.54 Å². The van der Waals surface area contributed by atoms with E-state index < -0.39 is 0 Å². The Hall–Kier alpha value is -2.20. The number of hydrogen-bond donors (Lipinski definition) is 0. The maximum atomic E-state index is 3.37. The molecule has 0 saturated carbocycles. The number of anilines is 1. The van der Waals surface area contributed by atoms with Crippen molar-refractivity contribution in [3.8, 4) is 11.8 Å². The van der Waals surface area contributed by atoms with E-state index in [1.807, 2.05) is 6.92 Å². The van der Waals surface area contributed by atoms with Crippen molar-refractivity contribution in [2.75, 3.05) is 11.4 Å². The minimum Gasteiger partial charge on any atom is -0.353 e. The molecule has 0 spiro atoms. The number of hydrogen-bond acceptors (Lipinski definition) is 1. The quantitative estimate of drug-likeness (QED) is 0.693. The maximum Gasteiger partial charge on any atom is 0.116 e. The molecule has 0 aliphatic carbocycles. The third-order valence-corrected chi connectivity index (χ3v) is 3.65. The first-order valence-corrected chi connectivity index (χ1v) is 6.72. The zero-order chi connectivity index (χ0) is 13.1. The molecule has 1 heterocycles. The summed E-state index contributed by atoms with van der Waals surface area (Å²) >= 11 is 0. The standard InChI is InChI=1S/C18H17N/c1-2-8-18-17-12-7-6-9-15(17)13-14-19(18)16-10-4-3-5-11-16/h3-7,9-12,18H,13-14H2,1H3. The average Bonchev–Trinajstić information content (AvgIpc) is 2.49. The number of benzene rings is 2. The van der Waals surface area contributed by atoms with E-state index in [1.165, 1.54) is 16.8 Å². The Kier molecular flexibility index (Phi) is 3.25. The van der Waals surface area contributed by atoms with Gasteiger partial charge in [0.2, 0.25) is 0 Å². The Bertz CT molecular complexity index is 619. The first-order chi connectivity index (χ1) is 9.40. The minimum atomic E-state index is 0.178. The SMILES string of the molecule is CC#CC1c2ccccc2CCN1c1ccccc1. The van der Waals surface area contributed by atoms with Crippen molar-refractivity contribution in [1.82, 2.24) is 0 Å². The molecule has 0 aromatic heterocycles. The number of para-hydroxylation sites is 1. The summed E-state index contributed by atoms with van der Waals surface area (Å²) in [7, 11) is 0. The van der Waals surface area contributed by atoms with E-state index in [2.05, 4.69) is 71.3 Å². The molecule has 2 aromatic carbocycles. The van der Waals surface area contributed by atoms with Crippen LogP contribution >= 0.6 is 0 Å². The van der Waals surface area contributed by atoms with Gasteiger partial charge in [0.15, 0.2) is 0 Å². The average molecular weight is 247 g/mol. The van der Waals surface area contributed by atoms with Crippen molar-refractivity contribution in [3.63, 3.8) is 0 Å². The van der Waals surface area contributed by atoms with Gasteiger partial charge in [-0.25, -0.2) is 0 Å². The molecular weight excluding hydrogens is 230 g/mol. The smallest absolute Gasteiger partial charge is 0.116 e. The molecule has 1 heteroatoms. The third-order valence-electron chi connectivity index (χ3n) is 3.65. The van der Waals surface area contributed by atoms with Crippen molar-refractivity contribution < 1.29 is 0 Å². The normalized spacial score (nSPS) is 17.3. The molecule has 0 radical (unpaired) electrons. The number of fused-ring (bicyclic) bond motifs is 1. The van der Waals surface area contributed by atoms with Gasteiger partial charge in [-0.05, 0) is 36.6 Å². The van der Waals surface area contributed by atoms with Crippen molar-refractivity contribution >= 4 is 5.69 Å². The van der Waals surface area contributed by atoms with Gasteiger partial charge in [0.1, 0.15) is 6.04 Å². The molecule has 1 atom stereocenters. The van der Waals surface area contributed by atoms with Crippen LogP contribution in [-0.2, 0) is 6.42 Å². The van der Waals surface area contributed by atoms with Gasteiger partial charge in [-0.3, -0.25) is 0 Å². The van der Waals surface area contributed by atoms with Crippen LogP contribution in [0.15, 0.2) is 54.6 Å². The van der Waals surface area contributed by atoms with Gasteiger partial charge in [-0.15, -0.1) is 5.92 Å². The first-order valence-electron chi connectivity index (χ1n) is 6.72. The predicted molar refractivity (Wildman–Crippen MR) is 80.1 cm³/mol. The molecule has 2 aromatic rings. The summed E-state index contributed by atoms with van der Waals surface area (Å²) in [6, 6.07) is 19.4. The zero-order valence-electron chi connectivity index (χ0n) is 11.1. The molecule has 1 unspecified atom stereocenters. The van der Waals surface area contributed by atoms with Gasteiger partial charge in [-0.2, -0.15) is 0 Å². The lowest BCUT2D eigenvalue weighted by Crippen LogP contribution is -2.34. The van der Waals surface area contributed by atoms with Crippen molar-refractivity contribution in [3.05, 3.63) is 65.7 Å². The van der Waals surface area contributed by atoms with Crippen molar-refractivity contribution in [2.24, 2.45) is 0 Å². The molecule has 1 nitrogen and oxygen atoms in total. The fourth-order valence-corrected chi connectivity index (χ4v) is 2.76. The fourth-order valence-electron chi connectivity index (χ4n) is 2.76. The number of nitrogens with zero attached hydrogens (tertiary/aromatic N) is 1. The highest BCUT2D eigenvalue weighted by Gasteiger charge is 2.25. The first kappa shape index (κ1) is 11.9. The summed E-state index contributed by atoms with van der Waals surface area (Å²) in [5, 5.41) is 0. The molecule has 0 amide bonds. The Morgan fingerprint density at radius 2 is 1.74 bits per heavy atom. The molecule has 3 rings (SSSR count).